The predicted molar refractivity (Wildman–Crippen MR) is 88.5 cm³/mol. The van der Waals surface area contributed by atoms with E-state index in [4.69, 9.17) is 10.5 Å². The van der Waals surface area contributed by atoms with Gasteiger partial charge < -0.3 is 15.0 Å². The Balaban J connectivity index is 1.75. The minimum atomic E-state index is -0.0876. The molecule has 2 aromatic rings. The molecule has 5 heteroatoms. The molecule has 1 aromatic carbocycles. The third kappa shape index (κ3) is 4.23. The highest BCUT2D eigenvalue weighted by molar-refractivity contribution is 5.79. The lowest BCUT2D eigenvalue weighted by molar-refractivity contribution is -0.143. The molecule has 0 fully saturated rings. The number of aryl methyl sites for hydroxylation is 2. The summed E-state index contributed by atoms with van der Waals surface area (Å²) in [6.45, 7) is 2.30. The molecule has 0 aliphatic rings. The van der Waals surface area contributed by atoms with E-state index in [2.05, 4.69) is 9.55 Å². The number of anilines is 1. The van der Waals surface area contributed by atoms with Crippen LogP contribution in [0.5, 0.6) is 0 Å². The van der Waals surface area contributed by atoms with Gasteiger partial charge in [-0.15, -0.1) is 0 Å². The van der Waals surface area contributed by atoms with Crippen molar-refractivity contribution in [1.29, 1.82) is 0 Å². The molecule has 0 radical (unpaired) electrons. The molecule has 2 N–H and O–H groups in total. The van der Waals surface area contributed by atoms with E-state index in [0.717, 1.165) is 54.6 Å². The van der Waals surface area contributed by atoms with E-state index in [1.54, 1.807) is 0 Å². The number of hydrogen-bond acceptors (Lipinski definition) is 4. The fourth-order valence-electron chi connectivity index (χ4n) is 2.63. The zero-order chi connectivity index (χ0) is 15.9. The van der Waals surface area contributed by atoms with Crippen LogP contribution in [0.3, 0.4) is 0 Å². The summed E-state index contributed by atoms with van der Waals surface area (Å²) in [7, 11) is 2.04. The van der Waals surface area contributed by atoms with Crippen molar-refractivity contribution < 1.29 is 9.53 Å². The highest BCUT2D eigenvalue weighted by Gasteiger charge is 2.07. The number of aromatic nitrogens is 2. The van der Waals surface area contributed by atoms with E-state index in [-0.39, 0.29) is 5.97 Å². The van der Waals surface area contributed by atoms with E-state index in [0.29, 0.717) is 13.0 Å². The fraction of sp³-hybridized carbons (Fsp3) is 0.529. The summed E-state index contributed by atoms with van der Waals surface area (Å²) < 4.78 is 7.05. The first kappa shape index (κ1) is 16.3. The molecule has 0 aliphatic heterocycles. The Morgan fingerprint density at radius 1 is 1.27 bits per heavy atom. The van der Waals surface area contributed by atoms with Gasteiger partial charge in [-0.3, -0.25) is 4.79 Å². The van der Waals surface area contributed by atoms with Crippen molar-refractivity contribution in [3.8, 4) is 0 Å². The maximum Gasteiger partial charge on any atom is 0.305 e. The number of nitrogen functional groups attached to an aromatic ring is 1. The number of nitrogens with two attached hydrogens (primary N) is 1. The third-order valence-corrected chi connectivity index (χ3v) is 3.83. The van der Waals surface area contributed by atoms with Crippen LogP contribution in [0, 0.1) is 0 Å². The van der Waals surface area contributed by atoms with E-state index in [9.17, 15) is 4.79 Å². The zero-order valence-corrected chi connectivity index (χ0v) is 13.5. The molecule has 0 aliphatic carbocycles. The summed E-state index contributed by atoms with van der Waals surface area (Å²) >= 11 is 0. The number of imidazole rings is 1. The average Bonchev–Trinajstić information content (AvgIpc) is 2.79. The van der Waals surface area contributed by atoms with Crippen LogP contribution in [0.2, 0.25) is 0 Å². The van der Waals surface area contributed by atoms with Gasteiger partial charge in [0.25, 0.3) is 0 Å². The first-order valence-electron chi connectivity index (χ1n) is 7.98. The van der Waals surface area contributed by atoms with Gasteiger partial charge in [-0.2, -0.15) is 0 Å². The molecule has 0 amide bonds. The number of carbonyl (C=O) groups is 1. The van der Waals surface area contributed by atoms with Gasteiger partial charge in [0, 0.05) is 25.6 Å². The van der Waals surface area contributed by atoms with Crippen LogP contribution < -0.4 is 5.73 Å². The minimum Gasteiger partial charge on any atom is -0.466 e. The monoisotopic (exact) mass is 303 g/mol. The number of carbonyl (C=O) groups excluding carboxylic acids is 1. The second-order valence-electron chi connectivity index (χ2n) is 5.55. The van der Waals surface area contributed by atoms with Gasteiger partial charge in [0.05, 0.1) is 17.6 Å². The summed E-state index contributed by atoms with van der Waals surface area (Å²) in [5.74, 6) is 1.00. The summed E-state index contributed by atoms with van der Waals surface area (Å²) in [4.78, 5) is 15.9. The molecular formula is C17H25N3O2. The molecular weight excluding hydrogens is 278 g/mol. The average molecular weight is 303 g/mol. The van der Waals surface area contributed by atoms with E-state index in [1.807, 2.05) is 32.2 Å². The molecule has 2 rings (SSSR count). The highest BCUT2D eigenvalue weighted by atomic mass is 16.5. The first-order valence-corrected chi connectivity index (χ1v) is 7.98. The van der Waals surface area contributed by atoms with Crippen LogP contribution in [-0.4, -0.2) is 22.1 Å². The molecule has 0 spiro atoms. The van der Waals surface area contributed by atoms with Crippen molar-refractivity contribution in [2.75, 3.05) is 12.3 Å². The van der Waals surface area contributed by atoms with Gasteiger partial charge in [0.15, 0.2) is 0 Å². The number of esters is 1. The second kappa shape index (κ2) is 7.82. The van der Waals surface area contributed by atoms with E-state index >= 15 is 0 Å². The molecule has 0 bridgehead atoms. The van der Waals surface area contributed by atoms with Crippen LogP contribution in [0.1, 0.15) is 44.9 Å². The summed E-state index contributed by atoms with van der Waals surface area (Å²) in [5.41, 5.74) is 8.62. The predicted octanol–water partition coefficient (Wildman–Crippen LogP) is 3.21. The molecule has 1 aromatic heterocycles. The van der Waals surface area contributed by atoms with Crippen LogP contribution in [0.25, 0.3) is 11.0 Å². The largest absolute Gasteiger partial charge is 0.466 e. The number of unbranched alkanes of at least 4 members (excludes halogenated alkanes) is 3. The normalized spacial score (nSPS) is 11.0. The van der Waals surface area contributed by atoms with Gasteiger partial charge in [0.1, 0.15) is 5.82 Å². The highest BCUT2D eigenvalue weighted by Crippen LogP contribution is 2.19. The van der Waals surface area contributed by atoms with Crippen LogP contribution >= 0.6 is 0 Å². The molecule has 0 saturated carbocycles. The summed E-state index contributed by atoms with van der Waals surface area (Å²) in [6, 6.07) is 5.84. The quantitative estimate of drug-likeness (QED) is 0.462. The van der Waals surface area contributed by atoms with Crippen molar-refractivity contribution in [1.82, 2.24) is 9.55 Å². The lowest BCUT2D eigenvalue weighted by Crippen LogP contribution is -2.03. The lowest BCUT2D eigenvalue weighted by atomic mass is 10.1. The van der Waals surface area contributed by atoms with E-state index < -0.39 is 0 Å². The maximum absolute atomic E-state index is 11.2. The topological polar surface area (TPSA) is 70.1 Å². The van der Waals surface area contributed by atoms with Crippen LogP contribution in [-0.2, 0) is 23.0 Å². The second-order valence-corrected chi connectivity index (χ2v) is 5.55. The fourth-order valence-corrected chi connectivity index (χ4v) is 2.63. The van der Waals surface area contributed by atoms with Crippen LogP contribution in [0.4, 0.5) is 5.69 Å². The Bertz CT molecular complexity index is 634. The molecule has 0 unspecified atom stereocenters. The Morgan fingerprint density at radius 3 is 2.82 bits per heavy atom. The van der Waals surface area contributed by atoms with E-state index in [1.165, 1.54) is 0 Å². The molecule has 120 valence electrons. The van der Waals surface area contributed by atoms with Crippen molar-refractivity contribution >= 4 is 22.7 Å². The van der Waals surface area contributed by atoms with Gasteiger partial charge >= 0.3 is 5.97 Å². The molecule has 0 saturated heterocycles. The Kier molecular flexibility index (Phi) is 5.81. The first-order chi connectivity index (χ1) is 10.6. The number of nitrogens with zero attached hydrogens (tertiary/aromatic N) is 2. The van der Waals surface area contributed by atoms with Crippen molar-refractivity contribution in [3.05, 3.63) is 24.0 Å². The SMILES string of the molecule is CCOC(=O)CCCCCCc1nc2cc(N)ccc2n1C. The number of ether oxygens (including phenoxy) is 1. The molecule has 1 heterocycles. The number of hydrogen-bond donors (Lipinski definition) is 1. The Hall–Kier alpha value is -2.04. The third-order valence-electron chi connectivity index (χ3n) is 3.83. The van der Waals surface area contributed by atoms with Crippen molar-refractivity contribution in [2.24, 2.45) is 7.05 Å². The summed E-state index contributed by atoms with van der Waals surface area (Å²) in [6.07, 6.45) is 5.61. The van der Waals surface area contributed by atoms with Crippen molar-refractivity contribution in [2.45, 2.75) is 45.4 Å². The number of fused-ring (bicyclic) bond motifs is 1. The molecule has 0 atom stereocenters. The van der Waals surface area contributed by atoms with Gasteiger partial charge in [-0.05, 0) is 38.0 Å². The number of benzene rings is 1. The number of rotatable bonds is 8. The standard InChI is InChI=1S/C17H25N3O2/c1-3-22-17(21)9-7-5-4-6-8-16-19-14-12-13(18)10-11-15(14)20(16)2/h10-12H,3-9,18H2,1-2H3. The smallest absolute Gasteiger partial charge is 0.305 e. The van der Waals surface area contributed by atoms with Gasteiger partial charge in [-0.1, -0.05) is 12.8 Å². The lowest BCUT2D eigenvalue weighted by Gasteiger charge is -2.03. The maximum atomic E-state index is 11.2. The van der Waals surface area contributed by atoms with Gasteiger partial charge in [0.2, 0.25) is 0 Å². The van der Waals surface area contributed by atoms with Gasteiger partial charge in [-0.25, -0.2) is 4.98 Å². The van der Waals surface area contributed by atoms with Crippen molar-refractivity contribution in [3.63, 3.8) is 0 Å². The summed E-state index contributed by atoms with van der Waals surface area (Å²) in [5, 5.41) is 0. The minimum absolute atomic E-state index is 0.0876. The molecule has 22 heavy (non-hydrogen) atoms. The zero-order valence-electron chi connectivity index (χ0n) is 13.5. The Labute approximate surface area is 131 Å². The Morgan fingerprint density at radius 2 is 2.05 bits per heavy atom. The van der Waals surface area contributed by atoms with Crippen LogP contribution in [0.15, 0.2) is 18.2 Å². The molecule has 5 nitrogen and oxygen atoms in total.